The van der Waals surface area contributed by atoms with Crippen molar-refractivity contribution in [2.24, 2.45) is 0 Å². The minimum Gasteiger partial charge on any atom is -0.508 e. The van der Waals surface area contributed by atoms with Crippen LogP contribution in [0.2, 0.25) is 0 Å². The lowest BCUT2D eigenvalue weighted by Crippen LogP contribution is -2.43. The van der Waals surface area contributed by atoms with Crippen LogP contribution in [0.1, 0.15) is 12.0 Å². The molecule has 1 atom stereocenters. The van der Waals surface area contributed by atoms with Gasteiger partial charge in [0, 0.05) is 6.42 Å². The van der Waals surface area contributed by atoms with E-state index in [0.29, 0.717) is 5.75 Å². The average molecular weight is 373 g/mol. The van der Waals surface area contributed by atoms with Crippen LogP contribution in [0.4, 0.5) is 0 Å². The Bertz CT molecular complexity index is 742. The second kappa shape index (κ2) is 10.1. The molecule has 0 aromatic heterocycles. The first kappa shape index (κ1) is 20.1. The summed E-state index contributed by atoms with van der Waals surface area (Å²) in [5.41, 5.74) is 0.790. The molecule has 7 nitrogen and oxygen atoms in total. The second-order valence-electron chi connectivity index (χ2n) is 5.79. The van der Waals surface area contributed by atoms with Crippen molar-refractivity contribution in [3.05, 3.63) is 54.1 Å². The molecule has 0 unspecified atom stereocenters. The lowest BCUT2D eigenvalue weighted by molar-refractivity contribution is -0.145. The number of nitrogens with one attached hydrogen (secondary N) is 1. The van der Waals surface area contributed by atoms with Gasteiger partial charge in [-0.15, -0.1) is 0 Å². The van der Waals surface area contributed by atoms with E-state index in [1.807, 2.05) is 0 Å². The Morgan fingerprint density at radius 3 is 2.22 bits per heavy atom. The van der Waals surface area contributed by atoms with Gasteiger partial charge >= 0.3 is 5.97 Å². The number of aromatic hydroxyl groups is 1. The summed E-state index contributed by atoms with van der Waals surface area (Å²) >= 11 is 0. The van der Waals surface area contributed by atoms with E-state index in [1.165, 1.54) is 19.2 Å². The minimum atomic E-state index is -0.812. The van der Waals surface area contributed by atoms with E-state index in [4.69, 9.17) is 14.2 Å². The van der Waals surface area contributed by atoms with Crippen LogP contribution >= 0.6 is 0 Å². The zero-order valence-electron chi connectivity index (χ0n) is 15.3. The number of carbonyl (C=O) groups is 2. The SMILES string of the molecule is COC(=O)[C@@H](Cc1ccc(O)cc1)NC(=O)CCOc1ccc(OC)cc1. The maximum atomic E-state index is 12.1. The highest BCUT2D eigenvalue weighted by Crippen LogP contribution is 2.17. The number of hydrogen-bond acceptors (Lipinski definition) is 6. The molecule has 27 heavy (non-hydrogen) atoms. The molecule has 0 fully saturated rings. The van der Waals surface area contributed by atoms with E-state index in [9.17, 15) is 14.7 Å². The first-order valence-corrected chi connectivity index (χ1v) is 8.43. The molecular weight excluding hydrogens is 350 g/mol. The minimum absolute atomic E-state index is 0.0924. The van der Waals surface area contributed by atoms with Crippen molar-refractivity contribution >= 4 is 11.9 Å². The predicted octanol–water partition coefficient (Wildman–Crippen LogP) is 2.07. The van der Waals surface area contributed by atoms with Gasteiger partial charge in [-0.1, -0.05) is 12.1 Å². The van der Waals surface area contributed by atoms with Crippen molar-refractivity contribution in [2.45, 2.75) is 18.9 Å². The highest BCUT2D eigenvalue weighted by molar-refractivity contribution is 5.84. The van der Waals surface area contributed by atoms with Crippen molar-refractivity contribution in [1.29, 1.82) is 0 Å². The lowest BCUT2D eigenvalue weighted by Gasteiger charge is -2.17. The molecule has 0 aliphatic rings. The van der Waals surface area contributed by atoms with E-state index < -0.39 is 12.0 Å². The van der Waals surface area contributed by atoms with Gasteiger partial charge in [0.15, 0.2) is 0 Å². The third kappa shape index (κ3) is 6.54. The smallest absolute Gasteiger partial charge is 0.328 e. The van der Waals surface area contributed by atoms with Crippen molar-refractivity contribution in [1.82, 2.24) is 5.32 Å². The fraction of sp³-hybridized carbons (Fsp3) is 0.300. The molecular formula is C20H23NO6. The van der Waals surface area contributed by atoms with Gasteiger partial charge in [-0.2, -0.15) is 0 Å². The number of ether oxygens (including phenoxy) is 3. The van der Waals surface area contributed by atoms with Gasteiger partial charge in [0.2, 0.25) is 5.91 Å². The molecule has 0 bridgehead atoms. The van der Waals surface area contributed by atoms with Crippen LogP contribution in [-0.4, -0.2) is 43.9 Å². The van der Waals surface area contributed by atoms with Gasteiger partial charge in [0.05, 0.1) is 27.2 Å². The molecule has 1 amide bonds. The lowest BCUT2D eigenvalue weighted by atomic mass is 10.1. The molecule has 7 heteroatoms. The summed E-state index contributed by atoms with van der Waals surface area (Å²) in [6.07, 6.45) is 0.354. The fourth-order valence-electron chi connectivity index (χ4n) is 2.40. The molecule has 2 aromatic rings. The van der Waals surface area contributed by atoms with Gasteiger partial charge in [-0.25, -0.2) is 4.79 Å². The monoisotopic (exact) mass is 373 g/mol. The van der Waals surface area contributed by atoms with Crippen molar-refractivity contribution in [3.63, 3.8) is 0 Å². The number of hydrogen-bond donors (Lipinski definition) is 2. The van der Waals surface area contributed by atoms with Crippen LogP contribution in [-0.2, 0) is 20.7 Å². The molecule has 2 aromatic carbocycles. The Labute approximate surface area is 157 Å². The number of benzene rings is 2. The number of esters is 1. The molecule has 2 rings (SSSR count). The summed E-state index contributed by atoms with van der Waals surface area (Å²) in [6.45, 7) is 0.172. The standard InChI is InChI=1S/C20H23NO6/c1-25-16-7-9-17(10-8-16)27-12-11-19(23)21-18(20(24)26-2)13-14-3-5-15(22)6-4-14/h3-10,18,22H,11-13H2,1-2H3,(H,21,23)/t18-/m1/s1. The van der Waals surface area contributed by atoms with Crippen molar-refractivity contribution in [3.8, 4) is 17.2 Å². The Kier molecular flexibility index (Phi) is 7.49. The summed E-state index contributed by atoms with van der Waals surface area (Å²) in [5, 5.41) is 12.0. The molecule has 0 radical (unpaired) electrons. The summed E-state index contributed by atoms with van der Waals surface area (Å²) in [5.74, 6) is 0.616. The molecule has 0 aliphatic carbocycles. The molecule has 0 heterocycles. The molecule has 2 N–H and O–H groups in total. The molecule has 0 spiro atoms. The summed E-state index contributed by atoms with van der Waals surface area (Å²) < 4.78 is 15.3. The molecule has 0 saturated heterocycles. The van der Waals surface area contributed by atoms with E-state index in [0.717, 1.165) is 11.3 Å². The maximum Gasteiger partial charge on any atom is 0.328 e. The average Bonchev–Trinajstić information content (AvgIpc) is 2.69. The normalized spacial score (nSPS) is 11.3. The number of phenolic OH excluding ortho intramolecular Hbond substituents is 1. The molecule has 0 saturated carbocycles. The van der Waals surface area contributed by atoms with Crippen LogP contribution in [0.3, 0.4) is 0 Å². The third-order valence-corrected chi connectivity index (χ3v) is 3.85. The number of amides is 1. The molecule has 144 valence electrons. The summed E-state index contributed by atoms with van der Waals surface area (Å²) in [4.78, 5) is 24.1. The number of methoxy groups -OCH3 is 2. The zero-order valence-corrected chi connectivity index (χ0v) is 15.3. The van der Waals surface area contributed by atoms with Gasteiger partial charge in [0.25, 0.3) is 0 Å². The van der Waals surface area contributed by atoms with Gasteiger partial charge in [-0.05, 0) is 42.0 Å². The predicted molar refractivity (Wildman–Crippen MR) is 98.9 cm³/mol. The maximum absolute atomic E-state index is 12.1. The molecule has 0 aliphatic heterocycles. The van der Waals surface area contributed by atoms with Crippen molar-refractivity contribution < 1.29 is 28.9 Å². The second-order valence-corrected chi connectivity index (χ2v) is 5.79. The van der Waals surface area contributed by atoms with Crippen LogP contribution in [0.15, 0.2) is 48.5 Å². The highest BCUT2D eigenvalue weighted by atomic mass is 16.5. The van der Waals surface area contributed by atoms with E-state index >= 15 is 0 Å². The van der Waals surface area contributed by atoms with Gasteiger partial charge in [-0.3, -0.25) is 4.79 Å². The number of rotatable bonds is 9. The quantitative estimate of drug-likeness (QED) is 0.654. The van der Waals surface area contributed by atoms with Crippen molar-refractivity contribution in [2.75, 3.05) is 20.8 Å². The Hall–Kier alpha value is -3.22. The van der Waals surface area contributed by atoms with E-state index in [2.05, 4.69) is 5.32 Å². The van der Waals surface area contributed by atoms with Crippen LogP contribution in [0.25, 0.3) is 0 Å². The first-order valence-electron chi connectivity index (χ1n) is 8.43. The van der Waals surface area contributed by atoms with Gasteiger partial charge in [0.1, 0.15) is 23.3 Å². The van der Waals surface area contributed by atoms with Crippen LogP contribution in [0, 0.1) is 0 Å². The van der Waals surface area contributed by atoms with Gasteiger partial charge < -0.3 is 24.6 Å². The Morgan fingerprint density at radius 1 is 1.00 bits per heavy atom. The van der Waals surface area contributed by atoms with E-state index in [-0.39, 0.29) is 31.1 Å². The largest absolute Gasteiger partial charge is 0.508 e. The summed E-state index contributed by atoms with van der Waals surface area (Å²) in [7, 11) is 2.85. The highest BCUT2D eigenvalue weighted by Gasteiger charge is 2.22. The third-order valence-electron chi connectivity index (χ3n) is 3.85. The Morgan fingerprint density at radius 2 is 1.63 bits per heavy atom. The van der Waals surface area contributed by atoms with Crippen LogP contribution < -0.4 is 14.8 Å². The topological polar surface area (TPSA) is 94.1 Å². The zero-order chi connectivity index (χ0) is 19.6. The van der Waals surface area contributed by atoms with E-state index in [1.54, 1.807) is 43.5 Å². The fourth-order valence-corrected chi connectivity index (χ4v) is 2.40. The van der Waals surface area contributed by atoms with Crippen LogP contribution in [0.5, 0.6) is 17.2 Å². The Balaban J connectivity index is 1.85. The first-order chi connectivity index (χ1) is 13.0. The number of carbonyl (C=O) groups excluding carboxylic acids is 2. The number of phenols is 1. The summed E-state index contributed by atoms with van der Waals surface area (Å²) in [6, 6.07) is 12.6.